The molecule has 94 valence electrons. The maximum Gasteiger partial charge on any atom is 0.395 e. The quantitative estimate of drug-likeness (QED) is 0.405. The highest BCUT2D eigenvalue weighted by atomic mass is 28.4. The Labute approximate surface area is 99.3 Å². The van der Waals surface area contributed by atoms with Crippen molar-refractivity contribution in [1.82, 2.24) is 5.32 Å². The van der Waals surface area contributed by atoms with Crippen LogP contribution in [0.5, 0.6) is 0 Å². The van der Waals surface area contributed by atoms with Gasteiger partial charge in [0.15, 0.2) is 0 Å². The van der Waals surface area contributed by atoms with Crippen LogP contribution < -0.4 is 5.32 Å². The van der Waals surface area contributed by atoms with Crippen molar-refractivity contribution in [2.75, 3.05) is 13.2 Å². The summed E-state index contributed by atoms with van der Waals surface area (Å²) in [6.45, 7) is 12.4. The van der Waals surface area contributed by atoms with Crippen LogP contribution in [0.25, 0.3) is 0 Å². The molecule has 16 heavy (non-hydrogen) atoms. The molecule has 4 nitrogen and oxygen atoms in total. The van der Waals surface area contributed by atoms with Gasteiger partial charge in [-0.2, -0.15) is 0 Å². The lowest BCUT2D eigenvalue weighted by Gasteiger charge is -2.27. The molecule has 0 aliphatic rings. The molecule has 0 heterocycles. The largest absolute Gasteiger partial charge is 0.525 e. The molecule has 1 amide bonds. The van der Waals surface area contributed by atoms with E-state index in [1.807, 2.05) is 20.4 Å². The zero-order valence-corrected chi connectivity index (χ0v) is 11.8. The fraction of sp³-hybridized carbons (Fsp3) is 0.727. The summed E-state index contributed by atoms with van der Waals surface area (Å²) in [6.07, 6.45) is 0.871. The van der Waals surface area contributed by atoms with Crippen molar-refractivity contribution in [3.8, 4) is 0 Å². The van der Waals surface area contributed by atoms with E-state index < -0.39 is 8.56 Å². The third-order valence-electron chi connectivity index (χ3n) is 2.02. The number of carbonyl (C=O) groups is 1. The number of allylic oxidation sites excluding steroid dienone is 1. The summed E-state index contributed by atoms with van der Waals surface area (Å²) in [5, 5.41) is 2.76. The molecular weight excluding hydrogens is 222 g/mol. The van der Waals surface area contributed by atoms with Gasteiger partial charge in [-0.05, 0) is 26.8 Å². The Kier molecular flexibility index (Phi) is 7.08. The van der Waals surface area contributed by atoms with Crippen LogP contribution in [0, 0.1) is 0 Å². The number of rotatable bonds is 8. The molecule has 0 fully saturated rings. The highest BCUT2D eigenvalue weighted by Crippen LogP contribution is 2.18. The second-order valence-corrected chi connectivity index (χ2v) is 7.22. The van der Waals surface area contributed by atoms with E-state index in [2.05, 4.69) is 11.9 Å². The van der Waals surface area contributed by atoms with E-state index in [9.17, 15) is 4.79 Å². The first-order valence-electron chi connectivity index (χ1n) is 5.62. The van der Waals surface area contributed by atoms with Crippen molar-refractivity contribution in [2.45, 2.75) is 39.8 Å². The molecule has 1 unspecified atom stereocenters. The fourth-order valence-corrected chi connectivity index (χ4v) is 3.97. The number of hydrogen-bond acceptors (Lipinski definition) is 3. The molecule has 0 saturated carbocycles. The molecular formula is C11H23NO3Si. The Bertz CT molecular complexity index is 245. The Hall–Kier alpha value is -0.813. The third kappa shape index (κ3) is 7.47. The summed E-state index contributed by atoms with van der Waals surface area (Å²) in [5.41, 5.74) is 0. The molecule has 1 atom stereocenters. The second kappa shape index (κ2) is 7.46. The van der Waals surface area contributed by atoms with Crippen LogP contribution in [0.15, 0.2) is 12.3 Å². The second-order valence-electron chi connectivity index (χ2n) is 3.96. The molecule has 0 saturated heterocycles. The number of nitrogens with one attached hydrogen (secondary N) is 1. The lowest BCUT2D eigenvalue weighted by Crippen LogP contribution is -2.38. The Morgan fingerprint density at radius 1 is 1.44 bits per heavy atom. The van der Waals surface area contributed by atoms with Gasteiger partial charge in [-0.25, -0.2) is 0 Å². The molecule has 1 N–H and O–H groups in total. The van der Waals surface area contributed by atoms with Crippen molar-refractivity contribution in [3.05, 3.63) is 12.3 Å². The van der Waals surface area contributed by atoms with E-state index >= 15 is 0 Å². The van der Waals surface area contributed by atoms with Gasteiger partial charge in [0.25, 0.3) is 0 Å². The number of amides is 1. The first-order chi connectivity index (χ1) is 7.39. The van der Waals surface area contributed by atoms with Crippen LogP contribution in [-0.4, -0.2) is 27.6 Å². The molecule has 0 rings (SSSR count). The topological polar surface area (TPSA) is 47.6 Å². The summed E-state index contributed by atoms with van der Waals surface area (Å²) < 4.78 is 11.4. The third-order valence-corrected chi connectivity index (χ3v) is 4.96. The summed E-state index contributed by atoms with van der Waals surface area (Å²) >= 11 is 0. The highest BCUT2D eigenvalue weighted by Gasteiger charge is 2.32. The Balaban J connectivity index is 4.01. The van der Waals surface area contributed by atoms with Gasteiger partial charge < -0.3 is 14.2 Å². The zero-order chi connectivity index (χ0) is 12.6. The van der Waals surface area contributed by atoms with Crippen molar-refractivity contribution >= 4 is 14.5 Å². The monoisotopic (exact) mass is 245 g/mol. The van der Waals surface area contributed by atoms with E-state index in [0.717, 1.165) is 12.5 Å². The Morgan fingerprint density at radius 3 is 2.50 bits per heavy atom. The summed E-state index contributed by atoms with van der Waals surface area (Å²) in [4.78, 5) is 10.7. The van der Waals surface area contributed by atoms with E-state index in [-0.39, 0.29) is 5.91 Å². The molecule has 0 aliphatic heterocycles. The van der Waals surface area contributed by atoms with Gasteiger partial charge >= 0.3 is 8.56 Å². The molecule has 0 aliphatic carbocycles. The SMILES string of the molecule is C=C(C)O[Si](C)(CCCNC(C)=O)OCC. The van der Waals surface area contributed by atoms with Crippen LogP contribution >= 0.6 is 0 Å². The number of hydrogen-bond donors (Lipinski definition) is 1. The Morgan fingerprint density at radius 2 is 2.06 bits per heavy atom. The maximum absolute atomic E-state index is 10.7. The van der Waals surface area contributed by atoms with Gasteiger partial charge in [-0.15, -0.1) is 0 Å². The summed E-state index contributed by atoms with van der Waals surface area (Å²) in [5.74, 6) is 0.697. The van der Waals surface area contributed by atoms with Crippen LogP contribution in [-0.2, 0) is 13.6 Å². The van der Waals surface area contributed by atoms with Gasteiger partial charge in [0.05, 0.1) is 5.76 Å². The van der Waals surface area contributed by atoms with Gasteiger partial charge in [0.2, 0.25) is 5.91 Å². The maximum atomic E-state index is 10.7. The van der Waals surface area contributed by atoms with Crippen LogP contribution in [0.2, 0.25) is 12.6 Å². The van der Waals surface area contributed by atoms with E-state index in [0.29, 0.717) is 18.9 Å². The lowest BCUT2D eigenvalue weighted by molar-refractivity contribution is -0.118. The average Bonchev–Trinajstić information content (AvgIpc) is 2.11. The lowest BCUT2D eigenvalue weighted by atomic mass is 10.5. The van der Waals surface area contributed by atoms with Crippen LogP contribution in [0.1, 0.15) is 27.2 Å². The predicted molar refractivity (Wildman–Crippen MR) is 67.3 cm³/mol. The minimum Gasteiger partial charge on any atom is -0.525 e. The number of carbonyl (C=O) groups excluding carboxylic acids is 1. The van der Waals surface area contributed by atoms with Crippen molar-refractivity contribution < 1.29 is 13.6 Å². The van der Waals surface area contributed by atoms with Gasteiger partial charge in [-0.1, -0.05) is 6.58 Å². The smallest absolute Gasteiger partial charge is 0.395 e. The van der Waals surface area contributed by atoms with Gasteiger partial charge in [0, 0.05) is 26.1 Å². The van der Waals surface area contributed by atoms with Gasteiger partial charge in [0.1, 0.15) is 0 Å². The molecule has 0 aromatic rings. The molecule has 0 aromatic carbocycles. The average molecular weight is 245 g/mol. The molecule has 0 radical (unpaired) electrons. The van der Waals surface area contributed by atoms with E-state index in [4.69, 9.17) is 8.85 Å². The van der Waals surface area contributed by atoms with E-state index in [1.54, 1.807) is 0 Å². The molecule has 5 heteroatoms. The van der Waals surface area contributed by atoms with E-state index in [1.165, 1.54) is 6.92 Å². The molecule has 0 bridgehead atoms. The van der Waals surface area contributed by atoms with Crippen LogP contribution in [0.3, 0.4) is 0 Å². The van der Waals surface area contributed by atoms with Crippen molar-refractivity contribution in [3.63, 3.8) is 0 Å². The normalized spacial score (nSPS) is 14.0. The fourth-order valence-electron chi connectivity index (χ4n) is 1.50. The first-order valence-corrected chi connectivity index (χ1v) is 8.15. The van der Waals surface area contributed by atoms with Crippen LogP contribution in [0.4, 0.5) is 0 Å². The molecule has 0 aromatic heterocycles. The summed E-state index contributed by atoms with van der Waals surface area (Å²) in [6, 6.07) is 0.855. The zero-order valence-electron chi connectivity index (χ0n) is 10.8. The first kappa shape index (κ1) is 15.2. The summed E-state index contributed by atoms with van der Waals surface area (Å²) in [7, 11) is -2.14. The minimum atomic E-state index is -2.14. The predicted octanol–water partition coefficient (Wildman–Crippen LogP) is 2.17. The molecule has 0 spiro atoms. The minimum absolute atomic E-state index is 0.000555. The van der Waals surface area contributed by atoms with Crippen molar-refractivity contribution in [2.24, 2.45) is 0 Å². The van der Waals surface area contributed by atoms with Gasteiger partial charge in [-0.3, -0.25) is 4.79 Å². The van der Waals surface area contributed by atoms with Crippen molar-refractivity contribution in [1.29, 1.82) is 0 Å². The highest BCUT2D eigenvalue weighted by molar-refractivity contribution is 6.66. The standard InChI is InChI=1S/C11H23NO3Si/c1-6-14-16(5,15-10(2)3)9-7-8-12-11(4)13/h2,6-9H2,1,3-5H3,(H,12,13).